The van der Waals surface area contributed by atoms with Gasteiger partial charge < -0.3 is 15.2 Å². The molecule has 130 valence electrons. The summed E-state index contributed by atoms with van der Waals surface area (Å²) in [5.41, 5.74) is 1.90. The van der Waals surface area contributed by atoms with Gasteiger partial charge in [-0.1, -0.05) is 54.6 Å². The third kappa shape index (κ3) is 3.04. The van der Waals surface area contributed by atoms with Crippen LogP contribution in [0.3, 0.4) is 0 Å². The van der Waals surface area contributed by atoms with Crippen LogP contribution in [0.1, 0.15) is 5.56 Å². The van der Waals surface area contributed by atoms with Crippen LogP contribution in [0.5, 0.6) is 11.5 Å². The standard InChI is InChI=1S/C23H21NO2/c1-16-21(25)11-6-12-22(16)26-14-13-24-23-19-9-4-2-7-17(19)15-18-8-3-5-10-20(18)23/h2-12,15,24-25H,13-14H2,1H3. The van der Waals surface area contributed by atoms with Crippen LogP contribution in [0.15, 0.2) is 72.8 Å². The van der Waals surface area contributed by atoms with E-state index in [1.54, 1.807) is 12.1 Å². The second-order valence-corrected chi connectivity index (χ2v) is 6.37. The van der Waals surface area contributed by atoms with Crippen molar-refractivity contribution in [2.75, 3.05) is 18.5 Å². The number of nitrogens with one attached hydrogen (secondary N) is 1. The smallest absolute Gasteiger partial charge is 0.125 e. The molecule has 0 radical (unpaired) electrons. The number of rotatable bonds is 5. The molecule has 4 rings (SSSR count). The molecule has 0 saturated carbocycles. The van der Waals surface area contributed by atoms with E-state index in [-0.39, 0.29) is 5.75 Å². The Morgan fingerprint density at radius 1 is 0.846 bits per heavy atom. The predicted molar refractivity (Wildman–Crippen MR) is 108 cm³/mol. The highest BCUT2D eigenvalue weighted by Crippen LogP contribution is 2.32. The molecular weight excluding hydrogens is 322 g/mol. The Balaban J connectivity index is 1.57. The van der Waals surface area contributed by atoms with Gasteiger partial charge in [0.25, 0.3) is 0 Å². The lowest BCUT2D eigenvalue weighted by Crippen LogP contribution is -2.12. The molecule has 3 heteroatoms. The second-order valence-electron chi connectivity index (χ2n) is 6.37. The van der Waals surface area contributed by atoms with E-state index in [1.165, 1.54) is 21.5 Å². The predicted octanol–water partition coefficient (Wildman–Crippen LogP) is 5.50. The second kappa shape index (κ2) is 6.96. The summed E-state index contributed by atoms with van der Waals surface area (Å²) in [6, 6.07) is 24.4. The van der Waals surface area contributed by atoms with Crippen LogP contribution in [-0.4, -0.2) is 18.3 Å². The van der Waals surface area contributed by atoms with E-state index in [2.05, 4.69) is 59.9 Å². The zero-order chi connectivity index (χ0) is 17.9. The number of benzene rings is 4. The van der Waals surface area contributed by atoms with Crippen LogP contribution in [0.25, 0.3) is 21.5 Å². The van der Waals surface area contributed by atoms with Gasteiger partial charge in [-0.25, -0.2) is 0 Å². The summed E-state index contributed by atoms with van der Waals surface area (Å²) in [6.45, 7) is 3.05. The molecule has 0 spiro atoms. The summed E-state index contributed by atoms with van der Waals surface area (Å²) in [4.78, 5) is 0. The van der Waals surface area contributed by atoms with Crippen LogP contribution in [0.4, 0.5) is 5.69 Å². The number of anilines is 1. The van der Waals surface area contributed by atoms with Crippen molar-refractivity contribution in [1.29, 1.82) is 0 Å². The van der Waals surface area contributed by atoms with E-state index >= 15 is 0 Å². The molecule has 26 heavy (non-hydrogen) atoms. The zero-order valence-electron chi connectivity index (χ0n) is 14.7. The Morgan fingerprint density at radius 2 is 1.50 bits per heavy atom. The molecule has 3 nitrogen and oxygen atoms in total. The van der Waals surface area contributed by atoms with Gasteiger partial charge in [-0.15, -0.1) is 0 Å². The van der Waals surface area contributed by atoms with Gasteiger partial charge in [-0.3, -0.25) is 0 Å². The Hall–Kier alpha value is -3.20. The molecule has 0 bridgehead atoms. The number of phenols is 1. The minimum atomic E-state index is 0.260. The summed E-state index contributed by atoms with van der Waals surface area (Å²) in [7, 11) is 0. The Bertz CT molecular complexity index is 1020. The average Bonchev–Trinajstić information content (AvgIpc) is 2.67. The van der Waals surface area contributed by atoms with Crippen molar-refractivity contribution in [2.45, 2.75) is 6.92 Å². The van der Waals surface area contributed by atoms with Crippen LogP contribution >= 0.6 is 0 Å². The van der Waals surface area contributed by atoms with E-state index in [0.29, 0.717) is 13.2 Å². The normalized spacial score (nSPS) is 11.0. The van der Waals surface area contributed by atoms with Crippen LogP contribution < -0.4 is 10.1 Å². The molecule has 0 saturated heterocycles. The van der Waals surface area contributed by atoms with E-state index in [1.807, 2.05) is 13.0 Å². The third-order valence-electron chi connectivity index (χ3n) is 4.69. The fraction of sp³-hybridized carbons (Fsp3) is 0.130. The van der Waals surface area contributed by atoms with Crippen molar-refractivity contribution in [1.82, 2.24) is 0 Å². The highest BCUT2D eigenvalue weighted by Gasteiger charge is 2.07. The van der Waals surface area contributed by atoms with Gasteiger partial charge in [0.15, 0.2) is 0 Å². The van der Waals surface area contributed by atoms with E-state index in [4.69, 9.17) is 4.74 Å². The van der Waals surface area contributed by atoms with E-state index < -0.39 is 0 Å². The molecule has 2 N–H and O–H groups in total. The van der Waals surface area contributed by atoms with Crippen molar-refractivity contribution in [3.63, 3.8) is 0 Å². The number of phenolic OH excluding ortho intramolecular Hbond substituents is 1. The highest BCUT2D eigenvalue weighted by atomic mass is 16.5. The SMILES string of the molecule is Cc1c(O)cccc1OCCNc1c2ccccc2cc2ccccc12. The number of ether oxygens (including phenoxy) is 1. The van der Waals surface area contributed by atoms with E-state index in [9.17, 15) is 5.11 Å². The van der Waals surface area contributed by atoms with Gasteiger partial charge in [0.2, 0.25) is 0 Å². The van der Waals surface area contributed by atoms with Gasteiger partial charge in [0, 0.05) is 22.9 Å². The first-order valence-electron chi connectivity index (χ1n) is 8.80. The zero-order valence-corrected chi connectivity index (χ0v) is 14.7. The van der Waals surface area contributed by atoms with Crippen molar-refractivity contribution in [3.8, 4) is 11.5 Å². The van der Waals surface area contributed by atoms with Crippen molar-refractivity contribution < 1.29 is 9.84 Å². The summed E-state index contributed by atoms with van der Waals surface area (Å²) in [5, 5.41) is 18.2. The monoisotopic (exact) mass is 343 g/mol. The summed E-state index contributed by atoms with van der Waals surface area (Å²) in [6.07, 6.45) is 0. The van der Waals surface area contributed by atoms with Gasteiger partial charge in [-0.2, -0.15) is 0 Å². The molecule has 0 aliphatic heterocycles. The Morgan fingerprint density at radius 3 is 2.19 bits per heavy atom. The maximum absolute atomic E-state index is 9.78. The first-order chi connectivity index (χ1) is 12.7. The largest absolute Gasteiger partial charge is 0.508 e. The average molecular weight is 343 g/mol. The number of hydrogen-bond acceptors (Lipinski definition) is 3. The maximum Gasteiger partial charge on any atom is 0.125 e. The molecule has 0 fully saturated rings. The van der Waals surface area contributed by atoms with Crippen LogP contribution in [0.2, 0.25) is 0 Å². The van der Waals surface area contributed by atoms with Crippen molar-refractivity contribution in [2.24, 2.45) is 0 Å². The minimum Gasteiger partial charge on any atom is -0.508 e. The molecule has 0 amide bonds. The molecule has 0 atom stereocenters. The van der Waals surface area contributed by atoms with Crippen LogP contribution in [0, 0.1) is 6.92 Å². The summed E-state index contributed by atoms with van der Waals surface area (Å²) in [5.74, 6) is 0.977. The van der Waals surface area contributed by atoms with E-state index in [0.717, 1.165) is 17.0 Å². The Labute approximate surface area is 152 Å². The fourth-order valence-electron chi connectivity index (χ4n) is 3.30. The van der Waals surface area contributed by atoms with Crippen molar-refractivity contribution >= 4 is 27.2 Å². The topological polar surface area (TPSA) is 41.5 Å². The lowest BCUT2D eigenvalue weighted by atomic mass is 10.0. The maximum atomic E-state index is 9.78. The lowest BCUT2D eigenvalue weighted by molar-refractivity contribution is 0.328. The third-order valence-corrected chi connectivity index (χ3v) is 4.69. The van der Waals surface area contributed by atoms with Crippen molar-refractivity contribution in [3.05, 3.63) is 78.4 Å². The van der Waals surface area contributed by atoms with Gasteiger partial charge in [0.1, 0.15) is 18.1 Å². The molecule has 0 aliphatic rings. The quantitative estimate of drug-likeness (QED) is 0.371. The van der Waals surface area contributed by atoms with Gasteiger partial charge in [0.05, 0.1) is 5.69 Å². The first-order valence-corrected chi connectivity index (χ1v) is 8.80. The summed E-state index contributed by atoms with van der Waals surface area (Å²) >= 11 is 0. The molecule has 0 aliphatic carbocycles. The fourth-order valence-corrected chi connectivity index (χ4v) is 3.30. The Kier molecular flexibility index (Phi) is 4.36. The summed E-state index contributed by atoms with van der Waals surface area (Å²) < 4.78 is 5.84. The van der Waals surface area contributed by atoms with Gasteiger partial charge in [-0.05, 0) is 35.9 Å². The van der Waals surface area contributed by atoms with Gasteiger partial charge >= 0.3 is 0 Å². The highest BCUT2D eigenvalue weighted by molar-refractivity contribution is 6.10. The molecule has 4 aromatic rings. The van der Waals surface area contributed by atoms with Crippen LogP contribution in [-0.2, 0) is 0 Å². The number of hydrogen-bond donors (Lipinski definition) is 2. The first kappa shape index (κ1) is 16.3. The number of aromatic hydroxyl groups is 1. The molecule has 4 aromatic carbocycles. The molecule has 0 aromatic heterocycles. The molecule has 0 unspecified atom stereocenters. The molecule has 0 heterocycles. The number of fused-ring (bicyclic) bond motifs is 2. The lowest BCUT2D eigenvalue weighted by Gasteiger charge is -2.15. The minimum absolute atomic E-state index is 0.260. The molecular formula is C23H21NO2.